The number of benzene rings is 6. The number of furan rings is 1. The lowest BCUT2D eigenvalue weighted by Gasteiger charge is -2.25. The number of aromatic nitrogens is 2. The molecule has 6 aromatic carbocycles. The third-order valence-corrected chi connectivity index (χ3v) is 8.69. The van der Waals surface area contributed by atoms with E-state index in [4.69, 9.17) is 4.42 Å². The third-order valence-electron chi connectivity index (χ3n) is 8.69. The number of hydrogen-bond donors (Lipinski definition) is 0. The number of rotatable bonds is 5. The van der Waals surface area contributed by atoms with E-state index in [1.54, 1.807) is 6.20 Å². The Hall–Kier alpha value is -6.13. The van der Waals surface area contributed by atoms with Gasteiger partial charge >= 0.3 is 0 Å². The highest BCUT2D eigenvalue weighted by Crippen LogP contribution is 2.39. The van der Waals surface area contributed by atoms with Crippen LogP contribution in [0.15, 0.2) is 168 Å². The van der Waals surface area contributed by atoms with Gasteiger partial charge in [0.2, 0.25) is 0 Å². The van der Waals surface area contributed by atoms with Gasteiger partial charge in [0, 0.05) is 50.5 Å². The van der Waals surface area contributed by atoms with Crippen LogP contribution in [0.5, 0.6) is 0 Å². The van der Waals surface area contributed by atoms with Crippen LogP contribution in [0.25, 0.3) is 60.6 Å². The molecule has 0 atom stereocenters. The maximum atomic E-state index is 6.05. The Morgan fingerprint density at radius 2 is 1.07 bits per heavy atom. The first-order valence-corrected chi connectivity index (χ1v) is 15.1. The van der Waals surface area contributed by atoms with Gasteiger partial charge in [0.1, 0.15) is 5.58 Å². The molecule has 0 bridgehead atoms. The van der Waals surface area contributed by atoms with Crippen LogP contribution in [0.3, 0.4) is 0 Å². The first kappa shape index (κ1) is 25.4. The number of anilines is 3. The Labute approximate surface area is 260 Å². The summed E-state index contributed by atoms with van der Waals surface area (Å²) >= 11 is 0. The smallest absolute Gasteiger partial charge is 0.153 e. The van der Waals surface area contributed by atoms with E-state index in [-0.39, 0.29) is 0 Å². The summed E-state index contributed by atoms with van der Waals surface area (Å²) in [6.07, 6.45) is 3.59. The highest BCUT2D eigenvalue weighted by Gasteiger charge is 2.16. The molecule has 0 aliphatic carbocycles. The average molecular weight is 578 g/mol. The van der Waals surface area contributed by atoms with Gasteiger partial charge in [-0.05, 0) is 83.9 Å². The summed E-state index contributed by atoms with van der Waals surface area (Å²) < 4.78 is 8.41. The molecule has 3 aromatic heterocycles. The van der Waals surface area contributed by atoms with Crippen LogP contribution in [0.4, 0.5) is 17.1 Å². The van der Waals surface area contributed by atoms with Gasteiger partial charge in [0.05, 0.1) is 17.2 Å². The molecule has 0 aliphatic rings. The summed E-state index contributed by atoms with van der Waals surface area (Å²) in [5.41, 5.74) is 10.8. The minimum atomic E-state index is 0.796. The third kappa shape index (κ3) is 4.19. The molecule has 9 rings (SSSR count). The molecule has 9 aromatic rings. The zero-order chi connectivity index (χ0) is 29.7. The predicted molar refractivity (Wildman–Crippen MR) is 186 cm³/mol. The summed E-state index contributed by atoms with van der Waals surface area (Å²) in [6, 6.07) is 53.8. The average Bonchev–Trinajstić information content (AvgIpc) is 3.65. The summed E-state index contributed by atoms with van der Waals surface area (Å²) in [5.74, 6) is 0. The monoisotopic (exact) mass is 577 g/mol. The number of nitrogens with zero attached hydrogens (tertiary/aromatic N) is 3. The van der Waals surface area contributed by atoms with Crippen molar-refractivity contribution in [2.24, 2.45) is 0 Å². The molecule has 3 heterocycles. The van der Waals surface area contributed by atoms with Crippen LogP contribution in [0.2, 0.25) is 0 Å². The zero-order valence-electron chi connectivity index (χ0n) is 24.3. The van der Waals surface area contributed by atoms with E-state index in [1.165, 1.54) is 32.9 Å². The molecule has 0 amide bonds. The highest BCUT2D eigenvalue weighted by atomic mass is 16.3. The molecule has 0 aliphatic heterocycles. The molecule has 0 saturated carbocycles. The molecule has 4 heteroatoms. The maximum Gasteiger partial charge on any atom is 0.153 e. The van der Waals surface area contributed by atoms with Crippen LogP contribution >= 0.6 is 0 Å². The quantitative estimate of drug-likeness (QED) is 0.204. The van der Waals surface area contributed by atoms with Crippen LogP contribution in [0.1, 0.15) is 0 Å². The van der Waals surface area contributed by atoms with E-state index in [1.807, 2.05) is 24.4 Å². The van der Waals surface area contributed by atoms with Crippen molar-refractivity contribution in [1.82, 2.24) is 9.55 Å². The van der Waals surface area contributed by atoms with Gasteiger partial charge in [-0.1, -0.05) is 78.9 Å². The zero-order valence-corrected chi connectivity index (χ0v) is 24.3. The summed E-state index contributed by atoms with van der Waals surface area (Å²) in [4.78, 5) is 6.52. The Balaban J connectivity index is 1.09. The lowest BCUT2D eigenvalue weighted by atomic mass is 10.0. The molecular formula is C41H27N3O. The van der Waals surface area contributed by atoms with Crippen molar-refractivity contribution in [2.45, 2.75) is 0 Å². The van der Waals surface area contributed by atoms with Gasteiger partial charge in [0.15, 0.2) is 5.58 Å². The molecule has 0 fully saturated rings. The molecule has 0 radical (unpaired) electrons. The van der Waals surface area contributed by atoms with Crippen LogP contribution in [0, 0.1) is 0 Å². The first-order valence-electron chi connectivity index (χ1n) is 15.1. The van der Waals surface area contributed by atoms with E-state index in [0.29, 0.717) is 0 Å². The molecule has 0 unspecified atom stereocenters. The molecule has 212 valence electrons. The van der Waals surface area contributed by atoms with Crippen molar-refractivity contribution < 1.29 is 4.42 Å². The van der Waals surface area contributed by atoms with E-state index in [2.05, 4.69) is 148 Å². The number of para-hydroxylation sites is 3. The molecule has 0 saturated heterocycles. The van der Waals surface area contributed by atoms with Gasteiger partial charge in [-0.3, -0.25) is 4.98 Å². The maximum absolute atomic E-state index is 6.05. The minimum absolute atomic E-state index is 0.796. The normalized spacial score (nSPS) is 11.6. The molecular weight excluding hydrogens is 550 g/mol. The summed E-state index contributed by atoms with van der Waals surface area (Å²) in [6.45, 7) is 0. The second-order valence-electron chi connectivity index (χ2n) is 11.3. The number of fused-ring (bicyclic) bond motifs is 6. The molecule has 4 nitrogen and oxygen atoms in total. The van der Waals surface area contributed by atoms with Crippen molar-refractivity contribution in [3.63, 3.8) is 0 Å². The number of hydrogen-bond acceptors (Lipinski definition) is 3. The fraction of sp³-hybridized carbons (Fsp3) is 0. The van der Waals surface area contributed by atoms with Crippen molar-refractivity contribution in [2.75, 3.05) is 4.90 Å². The van der Waals surface area contributed by atoms with Crippen molar-refractivity contribution in [3.05, 3.63) is 164 Å². The standard InChI is InChI=1S/C41H27N3O/c1-2-8-30(9-3-1)43(33-22-23-40-37(26-33)36-24-25-42-27-41(36)45-40)31-18-14-28(15-19-31)29-16-20-32(21-17-29)44-38-12-6-4-10-34(38)35-11-5-7-13-39(35)44/h1-27H. The first-order chi connectivity index (χ1) is 22.3. The van der Waals surface area contributed by atoms with Gasteiger partial charge in [-0.25, -0.2) is 0 Å². The summed E-state index contributed by atoms with van der Waals surface area (Å²) in [5, 5.41) is 4.68. The Bertz CT molecular complexity index is 2420. The lowest BCUT2D eigenvalue weighted by molar-refractivity contribution is 0.667. The van der Waals surface area contributed by atoms with Gasteiger partial charge in [-0.2, -0.15) is 0 Å². The topological polar surface area (TPSA) is 34.2 Å². The Kier molecular flexibility index (Phi) is 5.78. The van der Waals surface area contributed by atoms with Crippen LogP contribution in [-0.4, -0.2) is 9.55 Å². The van der Waals surface area contributed by atoms with Crippen molar-refractivity contribution >= 4 is 60.8 Å². The number of pyridine rings is 1. The summed E-state index contributed by atoms with van der Waals surface area (Å²) in [7, 11) is 0. The van der Waals surface area contributed by atoms with E-state index >= 15 is 0 Å². The second-order valence-corrected chi connectivity index (χ2v) is 11.3. The SMILES string of the molecule is c1ccc(N(c2ccc(-c3ccc(-n4c5ccccc5c5ccccc54)cc3)cc2)c2ccc3oc4cnccc4c3c2)cc1. The highest BCUT2D eigenvalue weighted by molar-refractivity contribution is 6.09. The van der Waals surface area contributed by atoms with Gasteiger partial charge in [-0.15, -0.1) is 0 Å². The lowest BCUT2D eigenvalue weighted by Crippen LogP contribution is -2.09. The minimum Gasteiger partial charge on any atom is -0.454 e. The molecule has 0 spiro atoms. The predicted octanol–water partition coefficient (Wildman–Crippen LogP) is 11.2. The van der Waals surface area contributed by atoms with Crippen LogP contribution in [-0.2, 0) is 0 Å². The fourth-order valence-electron chi connectivity index (χ4n) is 6.59. The van der Waals surface area contributed by atoms with Crippen LogP contribution < -0.4 is 4.90 Å². The fourth-order valence-corrected chi connectivity index (χ4v) is 6.59. The van der Waals surface area contributed by atoms with E-state index in [9.17, 15) is 0 Å². The largest absolute Gasteiger partial charge is 0.454 e. The Morgan fingerprint density at radius 3 is 1.78 bits per heavy atom. The molecule has 0 N–H and O–H groups in total. The van der Waals surface area contributed by atoms with E-state index < -0.39 is 0 Å². The van der Waals surface area contributed by atoms with E-state index in [0.717, 1.165) is 44.7 Å². The van der Waals surface area contributed by atoms with Gasteiger partial charge in [0.25, 0.3) is 0 Å². The van der Waals surface area contributed by atoms with Crippen molar-refractivity contribution in [1.29, 1.82) is 0 Å². The Morgan fingerprint density at radius 1 is 0.467 bits per heavy atom. The second kappa shape index (κ2) is 10.2. The molecule has 45 heavy (non-hydrogen) atoms. The van der Waals surface area contributed by atoms with Crippen molar-refractivity contribution in [3.8, 4) is 16.8 Å². The van der Waals surface area contributed by atoms with Gasteiger partial charge < -0.3 is 13.9 Å².